The summed E-state index contributed by atoms with van der Waals surface area (Å²) in [5, 5.41) is 2.93. The van der Waals surface area contributed by atoms with Crippen molar-refractivity contribution in [3.8, 4) is 5.75 Å². The molecule has 1 saturated heterocycles. The largest absolute Gasteiger partial charge is 0.480 e. The molecule has 2 aliphatic heterocycles. The highest BCUT2D eigenvalue weighted by Gasteiger charge is 2.30. The first-order valence-electron chi connectivity index (χ1n) is 8.94. The number of carbonyl (C=O) groups is 2. The summed E-state index contributed by atoms with van der Waals surface area (Å²) in [4.78, 5) is 26.2. The second-order valence-electron chi connectivity index (χ2n) is 7.00. The van der Waals surface area contributed by atoms with Gasteiger partial charge in [-0.1, -0.05) is 19.9 Å². The van der Waals surface area contributed by atoms with E-state index in [1.807, 2.05) is 32.0 Å². The molecule has 0 spiro atoms. The van der Waals surface area contributed by atoms with Crippen molar-refractivity contribution >= 4 is 17.5 Å². The molecule has 2 aliphatic rings. The van der Waals surface area contributed by atoms with Gasteiger partial charge in [-0.2, -0.15) is 0 Å². The molecule has 25 heavy (non-hydrogen) atoms. The van der Waals surface area contributed by atoms with Crippen molar-refractivity contribution in [3.05, 3.63) is 23.8 Å². The molecule has 1 aromatic rings. The van der Waals surface area contributed by atoms with Crippen molar-refractivity contribution in [1.82, 2.24) is 5.32 Å². The van der Waals surface area contributed by atoms with Crippen molar-refractivity contribution in [2.75, 3.05) is 18.6 Å². The number of rotatable bonds is 5. The number of amides is 2. The maximum absolute atomic E-state index is 12.6. The molecule has 2 unspecified atom stereocenters. The molecule has 1 N–H and O–H groups in total. The molecule has 0 radical (unpaired) electrons. The topological polar surface area (TPSA) is 67.9 Å². The van der Waals surface area contributed by atoms with Gasteiger partial charge in [0.2, 0.25) is 5.91 Å². The van der Waals surface area contributed by atoms with Gasteiger partial charge in [0, 0.05) is 25.6 Å². The fourth-order valence-corrected chi connectivity index (χ4v) is 3.33. The van der Waals surface area contributed by atoms with E-state index in [1.54, 1.807) is 11.9 Å². The van der Waals surface area contributed by atoms with Gasteiger partial charge in [0.1, 0.15) is 12.0 Å². The fourth-order valence-electron chi connectivity index (χ4n) is 3.33. The van der Waals surface area contributed by atoms with Crippen LogP contribution in [0.3, 0.4) is 0 Å². The van der Waals surface area contributed by atoms with Crippen LogP contribution < -0.4 is 15.0 Å². The molecule has 136 valence electrons. The Balaban J connectivity index is 1.78. The minimum atomic E-state index is -0.598. The Kier molecular flexibility index (Phi) is 5.27. The number of ether oxygens (including phenoxy) is 2. The molecule has 0 saturated carbocycles. The Bertz CT molecular complexity index is 653. The molecule has 0 aromatic heterocycles. The van der Waals surface area contributed by atoms with E-state index in [4.69, 9.17) is 9.47 Å². The van der Waals surface area contributed by atoms with Crippen molar-refractivity contribution in [2.45, 2.75) is 51.9 Å². The standard InChI is InChI=1S/C19H26N2O4/c1-12(2)18(19(23)20-16-8-5-11-24-16)25-15-7-4-6-14-13(15)9-10-17(22)21(14)3/h4,6-7,12,16,18H,5,8-11H2,1-3H3,(H,20,23). The van der Waals surface area contributed by atoms with E-state index in [0.717, 1.165) is 24.1 Å². The van der Waals surface area contributed by atoms with Gasteiger partial charge < -0.3 is 19.7 Å². The predicted octanol–water partition coefficient (Wildman–Crippen LogP) is 2.25. The lowest BCUT2D eigenvalue weighted by molar-refractivity contribution is -0.133. The van der Waals surface area contributed by atoms with Crippen LogP contribution in [0.4, 0.5) is 5.69 Å². The zero-order chi connectivity index (χ0) is 18.0. The van der Waals surface area contributed by atoms with E-state index < -0.39 is 6.10 Å². The summed E-state index contributed by atoms with van der Waals surface area (Å²) in [6.07, 6.45) is 2.07. The van der Waals surface area contributed by atoms with Gasteiger partial charge in [-0.05, 0) is 37.3 Å². The van der Waals surface area contributed by atoms with Crippen LogP contribution in [0.1, 0.15) is 38.7 Å². The molecule has 2 amide bonds. The van der Waals surface area contributed by atoms with Crippen molar-refractivity contribution in [1.29, 1.82) is 0 Å². The normalized spacial score (nSPS) is 21.2. The van der Waals surface area contributed by atoms with E-state index in [1.165, 1.54) is 0 Å². The summed E-state index contributed by atoms with van der Waals surface area (Å²) in [6.45, 7) is 4.61. The highest BCUT2D eigenvalue weighted by molar-refractivity contribution is 5.96. The van der Waals surface area contributed by atoms with Crippen LogP contribution in [0.25, 0.3) is 0 Å². The molecule has 6 nitrogen and oxygen atoms in total. The number of hydrogen-bond acceptors (Lipinski definition) is 4. The Morgan fingerprint density at radius 3 is 2.84 bits per heavy atom. The smallest absolute Gasteiger partial charge is 0.263 e. The zero-order valence-corrected chi connectivity index (χ0v) is 15.1. The van der Waals surface area contributed by atoms with Crippen molar-refractivity contribution in [3.63, 3.8) is 0 Å². The highest BCUT2D eigenvalue weighted by atomic mass is 16.5. The summed E-state index contributed by atoms with van der Waals surface area (Å²) in [7, 11) is 1.77. The molecule has 2 atom stereocenters. The van der Waals surface area contributed by atoms with Gasteiger partial charge in [0.05, 0.1) is 5.69 Å². The Morgan fingerprint density at radius 1 is 1.36 bits per heavy atom. The number of anilines is 1. The first-order valence-corrected chi connectivity index (χ1v) is 8.94. The van der Waals surface area contributed by atoms with E-state index in [-0.39, 0.29) is 24.0 Å². The summed E-state index contributed by atoms with van der Waals surface area (Å²) < 4.78 is 11.6. The summed E-state index contributed by atoms with van der Waals surface area (Å²) in [5.74, 6) is 0.638. The average molecular weight is 346 g/mol. The Hall–Kier alpha value is -2.08. The quantitative estimate of drug-likeness (QED) is 0.888. The second kappa shape index (κ2) is 7.44. The van der Waals surface area contributed by atoms with Gasteiger partial charge >= 0.3 is 0 Å². The third kappa shape index (κ3) is 3.79. The maximum atomic E-state index is 12.6. The lowest BCUT2D eigenvalue weighted by Crippen LogP contribution is -2.46. The Labute approximate surface area is 148 Å². The van der Waals surface area contributed by atoms with Crippen LogP contribution in [-0.2, 0) is 20.7 Å². The number of hydrogen-bond donors (Lipinski definition) is 1. The first kappa shape index (κ1) is 17.7. The minimum Gasteiger partial charge on any atom is -0.480 e. The lowest BCUT2D eigenvalue weighted by atomic mass is 10.00. The third-order valence-electron chi connectivity index (χ3n) is 4.78. The molecule has 0 bridgehead atoms. The van der Waals surface area contributed by atoms with Crippen LogP contribution in [-0.4, -0.2) is 37.8 Å². The number of carbonyl (C=O) groups excluding carboxylic acids is 2. The molecule has 1 aromatic carbocycles. The number of nitrogens with one attached hydrogen (secondary N) is 1. The molecular weight excluding hydrogens is 320 g/mol. The van der Waals surface area contributed by atoms with Crippen LogP contribution in [0.2, 0.25) is 0 Å². The summed E-state index contributed by atoms with van der Waals surface area (Å²) >= 11 is 0. The summed E-state index contributed by atoms with van der Waals surface area (Å²) in [5.41, 5.74) is 1.84. The highest BCUT2D eigenvalue weighted by Crippen LogP contribution is 2.35. The van der Waals surface area contributed by atoms with Gasteiger partial charge in [-0.25, -0.2) is 0 Å². The number of nitrogens with zero attached hydrogens (tertiary/aromatic N) is 1. The average Bonchev–Trinajstić information content (AvgIpc) is 3.08. The molecule has 2 heterocycles. The lowest BCUT2D eigenvalue weighted by Gasteiger charge is -2.29. The maximum Gasteiger partial charge on any atom is 0.263 e. The van der Waals surface area contributed by atoms with Crippen LogP contribution in [0.5, 0.6) is 5.75 Å². The van der Waals surface area contributed by atoms with E-state index in [9.17, 15) is 9.59 Å². The zero-order valence-electron chi connectivity index (χ0n) is 15.1. The van der Waals surface area contributed by atoms with E-state index in [2.05, 4.69) is 5.32 Å². The SMILES string of the molecule is CC(C)C(Oc1cccc2c1CCC(=O)N2C)C(=O)NC1CCCO1. The molecule has 0 aliphatic carbocycles. The second-order valence-corrected chi connectivity index (χ2v) is 7.00. The predicted molar refractivity (Wildman–Crippen MR) is 94.5 cm³/mol. The molecule has 1 fully saturated rings. The van der Waals surface area contributed by atoms with E-state index >= 15 is 0 Å². The molecular formula is C19H26N2O4. The Morgan fingerprint density at radius 2 is 2.16 bits per heavy atom. The van der Waals surface area contributed by atoms with Crippen molar-refractivity contribution in [2.24, 2.45) is 5.92 Å². The van der Waals surface area contributed by atoms with Crippen LogP contribution >= 0.6 is 0 Å². The van der Waals surface area contributed by atoms with E-state index in [0.29, 0.717) is 25.2 Å². The monoisotopic (exact) mass is 346 g/mol. The van der Waals surface area contributed by atoms with Crippen molar-refractivity contribution < 1.29 is 19.1 Å². The van der Waals surface area contributed by atoms with Gasteiger partial charge in [-0.3, -0.25) is 9.59 Å². The fraction of sp³-hybridized carbons (Fsp3) is 0.579. The number of fused-ring (bicyclic) bond motifs is 1. The molecule has 3 rings (SSSR count). The van der Waals surface area contributed by atoms with Gasteiger partial charge in [0.25, 0.3) is 5.91 Å². The first-order chi connectivity index (χ1) is 12.0. The van der Waals surface area contributed by atoms with Crippen LogP contribution in [0.15, 0.2) is 18.2 Å². The summed E-state index contributed by atoms with van der Waals surface area (Å²) in [6, 6.07) is 5.64. The van der Waals surface area contributed by atoms with Gasteiger partial charge in [0.15, 0.2) is 6.10 Å². The van der Waals surface area contributed by atoms with Crippen LogP contribution in [0, 0.1) is 5.92 Å². The molecule has 6 heteroatoms. The minimum absolute atomic E-state index is 0.0141. The third-order valence-corrected chi connectivity index (χ3v) is 4.78. The van der Waals surface area contributed by atoms with Gasteiger partial charge in [-0.15, -0.1) is 0 Å². The number of benzene rings is 1.